The molecule has 1 nitrogen and oxygen atoms in total. The van der Waals surface area contributed by atoms with Crippen LogP contribution in [0.1, 0.15) is 16.7 Å². The topological polar surface area (TPSA) is 23.8 Å². The van der Waals surface area contributed by atoms with Gasteiger partial charge in [-0.05, 0) is 29.8 Å². The van der Waals surface area contributed by atoms with Gasteiger partial charge in [0.1, 0.15) is 0 Å². The van der Waals surface area contributed by atoms with Gasteiger partial charge in [-0.2, -0.15) is 18.4 Å². The lowest BCUT2D eigenvalue weighted by Crippen LogP contribution is -2.03. The summed E-state index contributed by atoms with van der Waals surface area (Å²) in [6.07, 6.45) is -2.75. The van der Waals surface area contributed by atoms with Crippen LogP contribution < -0.4 is 0 Å². The first-order valence-electron chi connectivity index (χ1n) is 6.75. The zero-order valence-corrected chi connectivity index (χ0v) is 12.6. The van der Waals surface area contributed by atoms with E-state index in [9.17, 15) is 18.4 Å². The molecule has 5 heteroatoms. The molecule has 1 heterocycles. The summed E-state index contributed by atoms with van der Waals surface area (Å²) in [6, 6.07) is 14.6. The smallest absolute Gasteiger partial charge is 0.192 e. The Morgan fingerprint density at radius 3 is 2.39 bits per heavy atom. The first-order chi connectivity index (χ1) is 11.0. The Morgan fingerprint density at radius 1 is 1.04 bits per heavy atom. The van der Waals surface area contributed by atoms with Gasteiger partial charge in [-0.1, -0.05) is 30.3 Å². The Bertz CT molecular complexity index is 912. The van der Waals surface area contributed by atoms with E-state index in [1.807, 2.05) is 29.6 Å². The Labute approximate surface area is 134 Å². The predicted molar refractivity (Wildman–Crippen MR) is 86.8 cm³/mol. The van der Waals surface area contributed by atoms with E-state index in [0.717, 1.165) is 27.8 Å². The lowest BCUT2D eigenvalue weighted by molar-refractivity contribution is -0.137. The Morgan fingerprint density at radius 2 is 1.74 bits per heavy atom. The highest BCUT2D eigenvalue weighted by Crippen LogP contribution is 2.32. The van der Waals surface area contributed by atoms with Crippen LogP contribution in [0, 0.1) is 11.3 Å². The number of hydrogen-bond donors (Lipinski definition) is 0. The van der Waals surface area contributed by atoms with E-state index in [1.54, 1.807) is 6.08 Å². The highest BCUT2D eigenvalue weighted by molar-refractivity contribution is 7.17. The fourth-order valence-corrected chi connectivity index (χ4v) is 3.25. The van der Waals surface area contributed by atoms with E-state index in [1.165, 1.54) is 23.5 Å². The maximum Gasteiger partial charge on any atom is 0.416 e. The van der Waals surface area contributed by atoms with Crippen molar-refractivity contribution in [3.05, 3.63) is 70.6 Å². The summed E-state index contributed by atoms with van der Waals surface area (Å²) in [6.45, 7) is 0. The third-order valence-electron chi connectivity index (χ3n) is 3.44. The second kappa shape index (κ2) is 5.90. The molecule has 0 fully saturated rings. The number of alkyl halides is 3. The van der Waals surface area contributed by atoms with Crippen molar-refractivity contribution in [2.24, 2.45) is 0 Å². The van der Waals surface area contributed by atoms with Crippen molar-refractivity contribution in [1.82, 2.24) is 0 Å². The molecule has 0 N–H and O–H groups in total. The van der Waals surface area contributed by atoms with Crippen molar-refractivity contribution < 1.29 is 13.2 Å². The predicted octanol–water partition coefficient (Wildman–Crippen LogP) is 5.98. The normalized spacial score (nSPS) is 12.3. The van der Waals surface area contributed by atoms with Gasteiger partial charge in [0.2, 0.25) is 0 Å². The van der Waals surface area contributed by atoms with Gasteiger partial charge in [0.25, 0.3) is 0 Å². The van der Waals surface area contributed by atoms with Crippen molar-refractivity contribution in [1.29, 1.82) is 5.26 Å². The summed E-state index contributed by atoms with van der Waals surface area (Å²) in [4.78, 5) is 0. The zero-order chi connectivity index (χ0) is 16.4. The molecule has 0 aliphatic heterocycles. The molecule has 0 saturated carbocycles. The highest BCUT2D eigenvalue weighted by atomic mass is 32.1. The molecular formula is C18H10F3NS. The summed E-state index contributed by atoms with van der Waals surface area (Å²) >= 11 is 1.53. The van der Waals surface area contributed by atoms with Crippen molar-refractivity contribution in [2.45, 2.75) is 6.18 Å². The summed E-state index contributed by atoms with van der Waals surface area (Å²) in [5, 5.41) is 12.3. The van der Waals surface area contributed by atoms with Crippen LogP contribution in [0.5, 0.6) is 0 Å². The molecule has 0 radical (unpaired) electrons. The minimum Gasteiger partial charge on any atom is -0.192 e. The van der Waals surface area contributed by atoms with Crippen molar-refractivity contribution in [2.75, 3.05) is 0 Å². The number of hydrogen-bond acceptors (Lipinski definition) is 2. The fourth-order valence-electron chi connectivity index (χ4n) is 2.29. The molecule has 0 unspecified atom stereocenters. The van der Waals surface area contributed by atoms with Crippen molar-refractivity contribution >= 4 is 33.1 Å². The van der Waals surface area contributed by atoms with Crippen LogP contribution >= 0.6 is 11.3 Å². The standard InChI is InChI=1S/C18H10F3NS/c19-18(20,21)14-7-5-12(6-8-14)9-13(10-22)16-11-23-17-4-2-1-3-15(16)17/h1-9,11H. The minimum absolute atomic E-state index is 0.433. The molecule has 0 aliphatic rings. The van der Waals surface area contributed by atoms with E-state index in [0.29, 0.717) is 11.1 Å². The molecule has 3 aromatic rings. The van der Waals surface area contributed by atoms with Gasteiger partial charge < -0.3 is 0 Å². The van der Waals surface area contributed by atoms with Crippen LogP contribution in [0.15, 0.2) is 53.9 Å². The SMILES string of the molecule is N#CC(=Cc1ccc(C(F)(F)F)cc1)c1csc2ccccc12. The molecule has 114 valence electrons. The van der Waals surface area contributed by atoms with Crippen LogP contribution in [0.4, 0.5) is 13.2 Å². The van der Waals surface area contributed by atoms with Crippen molar-refractivity contribution in [3.8, 4) is 6.07 Å². The molecule has 1 aromatic heterocycles. The third-order valence-corrected chi connectivity index (χ3v) is 4.40. The van der Waals surface area contributed by atoms with Crippen LogP contribution in [0.2, 0.25) is 0 Å². The van der Waals surface area contributed by atoms with E-state index in [-0.39, 0.29) is 0 Å². The van der Waals surface area contributed by atoms with E-state index in [2.05, 4.69) is 6.07 Å². The quantitative estimate of drug-likeness (QED) is 0.530. The molecular weight excluding hydrogens is 319 g/mol. The molecule has 0 atom stereocenters. The number of benzene rings is 2. The molecule has 0 aliphatic carbocycles. The number of fused-ring (bicyclic) bond motifs is 1. The lowest BCUT2D eigenvalue weighted by atomic mass is 10.0. The van der Waals surface area contributed by atoms with Crippen LogP contribution in [0.3, 0.4) is 0 Å². The maximum atomic E-state index is 12.6. The molecule has 3 rings (SSSR count). The van der Waals surface area contributed by atoms with E-state index < -0.39 is 11.7 Å². The van der Waals surface area contributed by atoms with Gasteiger partial charge in [0.15, 0.2) is 0 Å². The molecule has 0 spiro atoms. The Hall–Kier alpha value is -2.58. The molecule has 0 amide bonds. The second-order valence-electron chi connectivity index (χ2n) is 4.94. The lowest BCUT2D eigenvalue weighted by Gasteiger charge is -2.06. The number of rotatable bonds is 2. The molecule has 23 heavy (non-hydrogen) atoms. The number of halogens is 3. The van der Waals surface area contributed by atoms with Crippen LogP contribution in [0.25, 0.3) is 21.7 Å². The number of allylic oxidation sites excluding steroid dienone is 1. The zero-order valence-electron chi connectivity index (χ0n) is 11.8. The van der Waals surface area contributed by atoms with Gasteiger partial charge >= 0.3 is 6.18 Å². The third kappa shape index (κ3) is 3.13. The molecule has 0 bridgehead atoms. The van der Waals surface area contributed by atoms with Gasteiger partial charge in [0.05, 0.1) is 17.2 Å². The van der Waals surface area contributed by atoms with Gasteiger partial charge in [-0.3, -0.25) is 0 Å². The second-order valence-corrected chi connectivity index (χ2v) is 5.85. The largest absolute Gasteiger partial charge is 0.416 e. The van der Waals surface area contributed by atoms with Crippen LogP contribution in [-0.4, -0.2) is 0 Å². The monoisotopic (exact) mass is 329 g/mol. The maximum absolute atomic E-state index is 12.6. The summed E-state index contributed by atoms with van der Waals surface area (Å²) in [5.41, 5.74) is 1.09. The Kier molecular flexibility index (Phi) is 3.93. The van der Waals surface area contributed by atoms with E-state index >= 15 is 0 Å². The van der Waals surface area contributed by atoms with Gasteiger partial charge in [-0.15, -0.1) is 11.3 Å². The average Bonchev–Trinajstić information content (AvgIpc) is 2.96. The first-order valence-corrected chi connectivity index (χ1v) is 7.62. The van der Waals surface area contributed by atoms with Crippen LogP contribution in [-0.2, 0) is 6.18 Å². The number of nitrogens with zero attached hydrogens (tertiary/aromatic N) is 1. The van der Waals surface area contributed by atoms with Gasteiger partial charge in [0, 0.05) is 21.0 Å². The van der Waals surface area contributed by atoms with Crippen molar-refractivity contribution in [3.63, 3.8) is 0 Å². The molecule has 2 aromatic carbocycles. The molecule has 0 saturated heterocycles. The fraction of sp³-hybridized carbons (Fsp3) is 0.0556. The average molecular weight is 329 g/mol. The number of thiophene rings is 1. The number of nitriles is 1. The van der Waals surface area contributed by atoms with Gasteiger partial charge in [-0.25, -0.2) is 0 Å². The summed E-state index contributed by atoms with van der Waals surface area (Å²) in [5.74, 6) is 0. The Balaban J connectivity index is 2.01. The van der Waals surface area contributed by atoms with E-state index in [4.69, 9.17) is 0 Å². The summed E-state index contributed by atoms with van der Waals surface area (Å²) < 4.78 is 38.8. The summed E-state index contributed by atoms with van der Waals surface area (Å²) in [7, 11) is 0. The highest BCUT2D eigenvalue weighted by Gasteiger charge is 2.29. The first kappa shape index (κ1) is 15.3. The minimum atomic E-state index is -4.36.